The molecule has 3 nitrogen and oxygen atoms in total. The zero-order valence-corrected chi connectivity index (χ0v) is 12.0. The molecule has 2 rings (SSSR count). The number of benzene rings is 2. The van der Waals surface area contributed by atoms with Gasteiger partial charge in [0.1, 0.15) is 5.82 Å². The molecule has 0 spiro atoms. The number of halogens is 2. The molecule has 0 unspecified atom stereocenters. The van der Waals surface area contributed by atoms with E-state index >= 15 is 0 Å². The van der Waals surface area contributed by atoms with Crippen LogP contribution in [0.15, 0.2) is 53.6 Å². The summed E-state index contributed by atoms with van der Waals surface area (Å²) in [4.78, 5) is 11.8. The Kier molecular flexibility index (Phi) is 4.62. The van der Waals surface area contributed by atoms with Crippen molar-refractivity contribution in [3.8, 4) is 0 Å². The van der Waals surface area contributed by atoms with Gasteiger partial charge in [-0.05, 0) is 52.4 Å². The van der Waals surface area contributed by atoms with Gasteiger partial charge in [-0.25, -0.2) is 9.82 Å². The first kappa shape index (κ1) is 13.7. The van der Waals surface area contributed by atoms with Gasteiger partial charge in [0, 0.05) is 3.57 Å². The van der Waals surface area contributed by atoms with E-state index in [9.17, 15) is 9.18 Å². The van der Waals surface area contributed by atoms with Crippen molar-refractivity contribution in [1.82, 2.24) is 5.43 Å². The molecule has 0 aliphatic heterocycles. The van der Waals surface area contributed by atoms with Crippen LogP contribution in [0.3, 0.4) is 0 Å². The summed E-state index contributed by atoms with van der Waals surface area (Å²) in [6.45, 7) is 0. The number of nitrogens with zero attached hydrogens (tertiary/aromatic N) is 1. The second kappa shape index (κ2) is 6.42. The fraction of sp³-hybridized carbons (Fsp3) is 0. The molecule has 1 N–H and O–H groups in total. The summed E-state index contributed by atoms with van der Waals surface area (Å²) < 4.78 is 13.8. The van der Waals surface area contributed by atoms with Gasteiger partial charge in [0.15, 0.2) is 0 Å². The van der Waals surface area contributed by atoms with Crippen molar-refractivity contribution in [3.63, 3.8) is 0 Å². The average Bonchev–Trinajstić information content (AvgIpc) is 2.39. The Morgan fingerprint density at radius 3 is 2.74 bits per heavy atom. The molecule has 2 aromatic rings. The number of hydrogen-bond donors (Lipinski definition) is 1. The molecule has 1 amide bonds. The van der Waals surface area contributed by atoms with Crippen molar-refractivity contribution in [1.29, 1.82) is 0 Å². The zero-order chi connectivity index (χ0) is 13.7. The highest BCUT2D eigenvalue weighted by molar-refractivity contribution is 14.1. The minimum absolute atomic E-state index is 0.294. The van der Waals surface area contributed by atoms with Gasteiger partial charge in [0.25, 0.3) is 5.91 Å². The van der Waals surface area contributed by atoms with E-state index in [0.717, 1.165) is 3.57 Å². The normalized spacial score (nSPS) is 10.6. The smallest absolute Gasteiger partial charge is 0.267 e. The van der Waals surface area contributed by atoms with Crippen molar-refractivity contribution >= 4 is 34.7 Å². The standard InChI is InChI=1S/C14H10FIN2O/c15-11-5-3-4-10(8-11)9-17-18-14(19)12-6-1-2-7-13(12)16/h1-9H,(H,18,19)/b17-9+. The first-order valence-electron chi connectivity index (χ1n) is 5.50. The maximum Gasteiger partial charge on any atom is 0.272 e. The van der Waals surface area contributed by atoms with E-state index in [0.29, 0.717) is 11.1 Å². The van der Waals surface area contributed by atoms with E-state index in [1.807, 2.05) is 12.1 Å². The first-order valence-corrected chi connectivity index (χ1v) is 6.58. The third-order valence-corrected chi connectivity index (χ3v) is 3.29. The molecule has 2 aromatic carbocycles. The lowest BCUT2D eigenvalue weighted by molar-refractivity contribution is 0.0954. The molecular formula is C14H10FIN2O. The van der Waals surface area contributed by atoms with Gasteiger partial charge in [-0.1, -0.05) is 24.3 Å². The molecule has 0 saturated carbocycles. The summed E-state index contributed by atoms with van der Waals surface area (Å²) in [5.41, 5.74) is 3.55. The fourth-order valence-electron chi connectivity index (χ4n) is 1.46. The highest BCUT2D eigenvalue weighted by Gasteiger charge is 2.07. The van der Waals surface area contributed by atoms with E-state index < -0.39 is 0 Å². The predicted octanol–water partition coefficient (Wildman–Crippen LogP) is 3.19. The lowest BCUT2D eigenvalue weighted by atomic mass is 10.2. The molecule has 19 heavy (non-hydrogen) atoms. The summed E-state index contributed by atoms with van der Waals surface area (Å²) in [5.74, 6) is -0.634. The Hall–Kier alpha value is -1.76. The van der Waals surface area contributed by atoms with Gasteiger partial charge in [-0.15, -0.1) is 0 Å². The zero-order valence-electron chi connectivity index (χ0n) is 9.81. The third kappa shape index (κ3) is 3.85. The maximum atomic E-state index is 12.9. The lowest BCUT2D eigenvalue weighted by Gasteiger charge is -2.01. The van der Waals surface area contributed by atoms with Gasteiger partial charge in [0.2, 0.25) is 0 Å². The van der Waals surface area contributed by atoms with Crippen LogP contribution in [0.25, 0.3) is 0 Å². The van der Waals surface area contributed by atoms with Crippen LogP contribution in [0.5, 0.6) is 0 Å². The largest absolute Gasteiger partial charge is 0.272 e. The number of carbonyl (C=O) groups excluding carboxylic acids is 1. The summed E-state index contributed by atoms with van der Waals surface area (Å²) in [6, 6.07) is 13.2. The molecule has 0 aliphatic rings. The Balaban J connectivity index is 2.03. The number of hydrazone groups is 1. The molecule has 0 fully saturated rings. The van der Waals surface area contributed by atoms with Crippen LogP contribution in [-0.2, 0) is 0 Å². The topological polar surface area (TPSA) is 41.5 Å². The highest BCUT2D eigenvalue weighted by atomic mass is 127. The second-order valence-corrected chi connectivity index (χ2v) is 4.90. The van der Waals surface area contributed by atoms with Gasteiger partial charge >= 0.3 is 0 Å². The second-order valence-electron chi connectivity index (χ2n) is 3.73. The molecule has 0 bridgehead atoms. The van der Waals surface area contributed by atoms with Crippen LogP contribution < -0.4 is 5.43 Å². The molecule has 0 atom stereocenters. The quantitative estimate of drug-likeness (QED) is 0.505. The summed E-state index contributed by atoms with van der Waals surface area (Å²) in [7, 11) is 0. The summed E-state index contributed by atoms with van der Waals surface area (Å²) in [5, 5.41) is 3.81. The van der Waals surface area contributed by atoms with Crippen LogP contribution in [0.4, 0.5) is 4.39 Å². The molecule has 0 radical (unpaired) electrons. The number of nitrogens with one attached hydrogen (secondary N) is 1. The van der Waals surface area contributed by atoms with E-state index in [1.54, 1.807) is 24.3 Å². The van der Waals surface area contributed by atoms with E-state index in [2.05, 4.69) is 33.1 Å². The molecule has 0 aromatic heterocycles. The summed E-state index contributed by atoms with van der Waals surface area (Å²) >= 11 is 2.08. The van der Waals surface area contributed by atoms with Crippen molar-refractivity contribution in [2.45, 2.75) is 0 Å². The SMILES string of the molecule is O=C(N/N=C/c1cccc(F)c1)c1ccccc1I. The average molecular weight is 368 g/mol. The van der Waals surface area contributed by atoms with Crippen molar-refractivity contribution < 1.29 is 9.18 Å². The number of amides is 1. The van der Waals surface area contributed by atoms with Gasteiger partial charge in [-0.3, -0.25) is 4.79 Å². The first-order chi connectivity index (χ1) is 9.16. The lowest BCUT2D eigenvalue weighted by Crippen LogP contribution is -2.18. The van der Waals surface area contributed by atoms with Gasteiger partial charge < -0.3 is 0 Å². The minimum atomic E-state index is -0.340. The van der Waals surface area contributed by atoms with Crippen LogP contribution in [0.2, 0.25) is 0 Å². The van der Waals surface area contributed by atoms with Crippen LogP contribution in [0, 0.1) is 9.39 Å². The molecule has 0 heterocycles. The van der Waals surface area contributed by atoms with Gasteiger partial charge in [0.05, 0.1) is 11.8 Å². The molecular weight excluding hydrogens is 358 g/mol. The van der Waals surface area contributed by atoms with E-state index in [1.165, 1.54) is 18.3 Å². The Bertz CT molecular complexity index is 628. The monoisotopic (exact) mass is 368 g/mol. The number of carbonyl (C=O) groups is 1. The Morgan fingerprint density at radius 1 is 1.21 bits per heavy atom. The summed E-state index contributed by atoms with van der Waals surface area (Å²) in [6.07, 6.45) is 1.40. The molecule has 0 aliphatic carbocycles. The Labute approximate surface area is 123 Å². The number of rotatable bonds is 3. The van der Waals surface area contributed by atoms with Gasteiger partial charge in [-0.2, -0.15) is 5.10 Å². The van der Waals surface area contributed by atoms with Crippen LogP contribution in [0.1, 0.15) is 15.9 Å². The van der Waals surface area contributed by atoms with E-state index in [-0.39, 0.29) is 11.7 Å². The van der Waals surface area contributed by atoms with Crippen molar-refractivity contribution in [3.05, 3.63) is 69.0 Å². The number of hydrogen-bond acceptors (Lipinski definition) is 2. The predicted molar refractivity (Wildman–Crippen MR) is 80.6 cm³/mol. The van der Waals surface area contributed by atoms with E-state index in [4.69, 9.17) is 0 Å². The minimum Gasteiger partial charge on any atom is -0.267 e. The Morgan fingerprint density at radius 2 is 2.00 bits per heavy atom. The highest BCUT2D eigenvalue weighted by Crippen LogP contribution is 2.10. The molecule has 0 saturated heterocycles. The molecule has 96 valence electrons. The maximum absolute atomic E-state index is 12.9. The van der Waals surface area contributed by atoms with Crippen LogP contribution in [-0.4, -0.2) is 12.1 Å². The third-order valence-electron chi connectivity index (χ3n) is 2.35. The van der Waals surface area contributed by atoms with Crippen molar-refractivity contribution in [2.24, 2.45) is 5.10 Å². The van der Waals surface area contributed by atoms with Crippen molar-refractivity contribution in [2.75, 3.05) is 0 Å². The molecule has 5 heteroatoms. The fourth-order valence-corrected chi connectivity index (χ4v) is 2.09. The van der Waals surface area contributed by atoms with Crippen LogP contribution >= 0.6 is 22.6 Å².